The Morgan fingerprint density at radius 1 is 1.33 bits per heavy atom. The number of thiol groups is 1. The first-order chi connectivity index (χ1) is 5.84. The Hall–Kier alpha value is -0.430. The van der Waals surface area contributed by atoms with Gasteiger partial charge in [0, 0.05) is 0 Å². The van der Waals surface area contributed by atoms with E-state index in [0.29, 0.717) is 0 Å². The van der Waals surface area contributed by atoms with Crippen LogP contribution in [0, 0.1) is 0 Å². The second-order valence-electron chi connectivity index (χ2n) is 1.79. The summed E-state index contributed by atoms with van der Waals surface area (Å²) in [6.07, 6.45) is 5.12. The van der Waals surface area contributed by atoms with Crippen LogP contribution in [-0.4, -0.2) is 0 Å². The minimum atomic E-state index is 0.992. The Labute approximate surface area is 82.5 Å². The zero-order chi connectivity index (χ0) is 9.98. The second kappa shape index (κ2) is 10.6. The summed E-state index contributed by atoms with van der Waals surface area (Å²) in [6.45, 7) is 11.8. The van der Waals surface area contributed by atoms with E-state index in [9.17, 15) is 0 Å². The molecule has 0 atom stereocenters. The topological polar surface area (TPSA) is 0 Å². The molecule has 0 nitrogen and oxygen atoms in total. The summed E-state index contributed by atoms with van der Waals surface area (Å²) in [5.74, 6) is 0. The maximum atomic E-state index is 4.00. The molecule has 0 amide bonds. The van der Waals surface area contributed by atoms with Crippen LogP contribution in [0.25, 0.3) is 0 Å². The highest BCUT2D eigenvalue weighted by Crippen LogP contribution is 2.21. The molecular formula is C11H20S. The molecule has 0 bridgehead atoms. The van der Waals surface area contributed by atoms with Gasteiger partial charge in [-0.25, -0.2) is 0 Å². The highest BCUT2D eigenvalue weighted by Gasteiger charge is 2.01. The monoisotopic (exact) mass is 184 g/mol. The Bertz CT molecular complexity index is 164. The molecule has 1 rings (SSSR count). The molecule has 0 fully saturated rings. The van der Waals surface area contributed by atoms with Crippen molar-refractivity contribution >= 4 is 12.6 Å². The molecule has 0 unspecified atom stereocenters. The van der Waals surface area contributed by atoms with E-state index in [2.05, 4.69) is 25.3 Å². The van der Waals surface area contributed by atoms with Crippen molar-refractivity contribution in [2.24, 2.45) is 0 Å². The van der Waals surface area contributed by atoms with Gasteiger partial charge in [-0.1, -0.05) is 46.4 Å². The normalized spacial score (nSPS) is 16.4. The van der Waals surface area contributed by atoms with Crippen molar-refractivity contribution in [2.75, 3.05) is 0 Å². The van der Waals surface area contributed by atoms with E-state index in [1.165, 1.54) is 5.57 Å². The first-order valence-corrected chi connectivity index (χ1v) is 5.05. The molecule has 1 aliphatic rings. The first-order valence-electron chi connectivity index (χ1n) is 4.53. The van der Waals surface area contributed by atoms with Crippen LogP contribution in [0.1, 0.15) is 34.1 Å². The van der Waals surface area contributed by atoms with Crippen molar-refractivity contribution in [3.05, 3.63) is 35.3 Å². The van der Waals surface area contributed by atoms with Crippen molar-refractivity contribution in [1.29, 1.82) is 0 Å². The van der Waals surface area contributed by atoms with Gasteiger partial charge in [-0.05, 0) is 23.0 Å². The van der Waals surface area contributed by atoms with Gasteiger partial charge in [0.1, 0.15) is 0 Å². The van der Waals surface area contributed by atoms with Crippen LogP contribution in [0.4, 0.5) is 0 Å². The quantitative estimate of drug-likeness (QED) is 0.531. The van der Waals surface area contributed by atoms with E-state index in [-0.39, 0.29) is 0 Å². The van der Waals surface area contributed by atoms with Crippen molar-refractivity contribution < 1.29 is 0 Å². The molecule has 0 N–H and O–H groups in total. The van der Waals surface area contributed by atoms with Crippen LogP contribution < -0.4 is 0 Å². The van der Waals surface area contributed by atoms with Crippen LogP contribution in [0.15, 0.2) is 35.3 Å². The maximum Gasteiger partial charge on any atom is -0.00939 e. The SMILES string of the molecule is C=C1CC=C/C1=C/S.CC.CC. The molecule has 0 aromatic heterocycles. The van der Waals surface area contributed by atoms with E-state index < -0.39 is 0 Å². The summed E-state index contributed by atoms with van der Waals surface area (Å²) in [4.78, 5) is 0. The van der Waals surface area contributed by atoms with Gasteiger partial charge in [0.05, 0.1) is 0 Å². The Morgan fingerprint density at radius 2 is 1.83 bits per heavy atom. The molecule has 0 heterocycles. The predicted octanol–water partition coefficient (Wildman–Crippen LogP) is 4.37. The molecule has 1 heteroatoms. The number of allylic oxidation sites excluding steroid dienone is 4. The average Bonchev–Trinajstić information content (AvgIpc) is 2.58. The van der Waals surface area contributed by atoms with Gasteiger partial charge in [0.2, 0.25) is 0 Å². The van der Waals surface area contributed by atoms with Crippen LogP contribution in [-0.2, 0) is 0 Å². The molecule has 0 aliphatic heterocycles. The fourth-order valence-corrected chi connectivity index (χ4v) is 0.967. The molecule has 0 radical (unpaired) electrons. The lowest BCUT2D eigenvalue weighted by molar-refractivity contribution is 1.34. The van der Waals surface area contributed by atoms with Crippen LogP contribution >= 0.6 is 12.6 Å². The molecule has 70 valence electrons. The number of rotatable bonds is 0. The Balaban J connectivity index is 0. The molecule has 1 aliphatic carbocycles. The highest BCUT2D eigenvalue weighted by atomic mass is 32.1. The third-order valence-electron chi connectivity index (χ3n) is 1.21. The summed E-state index contributed by atoms with van der Waals surface area (Å²) < 4.78 is 0. The predicted molar refractivity (Wildman–Crippen MR) is 62.7 cm³/mol. The molecule has 0 aromatic carbocycles. The zero-order valence-electron chi connectivity index (χ0n) is 8.59. The van der Waals surface area contributed by atoms with E-state index in [1.54, 1.807) is 5.41 Å². The summed E-state index contributed by atoms with van der Waals surface area (Å²) in [5.41, 5.74) is 2.33. The Morgan fingerprint density at radius 3 is 2.00 bits per heavy atom. The summed E-state index contributed by atoms with van der Waals surface area (Å²) in [7, 11) is 0. The van der Waals surface area contributed by atoms with Crippen molar-refractivity contribution in [1.82, 2.24) is 0 Å². The maximum absolute atomic E-state index is 4.00. The van der Waals surface area contributed by atoms with Crippen LogP contribution in [0.5, 0.6) is 0 Å². The van der Waals surface area contributed by atoms with E-state index in [1.807, 2.05) is 33.8 Å². The van der Waals surface area contributed by atoms with Gasteiger partial charge in [-0.2, -0.15) is 12.6 Å². The van der Waals surface area contributed by atoms with Gasteiger partial charge in [-0.3, -0.25) is 0 Å². The third-order valence-corrected chi connectivity index (χ3v) is 1.49. The number of hydrogen-bond acceptors (Lipinski definition) is 1. The lowest BCUT2D eigenvalue weighted by Crippen LogP contribution is -1.70. The largest absolute Gasteiger partial charge is 0.151 e. The van der Waals surface area contributed by atoms with Gasteiger partial charge >= 0.3 is 0 Å². The standard InChI is InChI=1S/C7H8S.2C2H6/c1-6-3-2-4-7(6)5-8;2*1-2/h2,4-5,8H,1,3H2;2*1-2H3/b7-5-;;. The van der Waals surface area contributed by atoms with Crippen LogP contribution in [0.3, 0.4) is 0 Å². The van der Waals surface area contributed by atoms with Gasteiger partial charge in [0.15, 0.2) is 0 Å². The fraction of sp³-hybridized carbons (Fsp3) is 0.455. The summed E-state index contributed by atoms with van der Waals surface area (Å²) >= 11 is 4.00. The van der Waals surface area contributed by atoms with E-state index in [0.717, 1.165) is 12.0 Å². The highest BCUT2D eigenvalue weighted by molar-refractivity contribution is 7.83. The molecule has 0 spiro atoms. The van der Waals surface area contributed by atoms with Crippen molar-refractivity contribution in [3.8, 4) is 0 Å². The lowest BCUT2D eigenvalue weighted by atomic mass is 10.2. The molecule has 0 saturated heterocycles. The minimum Gasteiger partial charge on any atom is -0.151 e. The lowest BCUT2D eigenvalue weighted by Gasteiger charge is -1.90. The van der Waals surface area contributed by atoms with Gasteiger partial charge in [-0.15, -0.1) is 0 Å². The third kappa shape index (κ3) is 5.25. The van der Waals surface area contributed by atoms with Gasteiger partial charge < -0.3 is 0 Å². The summed E-state index contributed by atoms with van der Waals surface area (Å²) in [5, 5.41) is 1.78. The average molecular weight is 184 g/mol. The van der Waals surface area contributed by atoms with E-state index >= 15 is 0 Å². The molecular weight excluding hydrogens is 164 g/mol. The number of hydrogen-bond donors (Lipinski definition) is 1. The second-order valence-corrected chi connectivity index (χ2v) is 2.05. The van der Waals surface area contributed by atoms with Crippen LogP contribution in [0.2, 0.25) is 0 Å². The molecule has 0 saturated carbocycles. The Kier molecular flexibility index (Phi) is 12.4. The van der Waals surface area contributed by atoms with Gasteiger partial charge in [0.25, 0.3) is 0 Å². The van der Waals surface area contributed by atoms with E-state index in [4.69, 9.17) is 0 Å². The fourth-order valence-electron chi connectivity index (χ4n) is 0.698. The van der Waals surface area contributed by atoms with Crippen molar-refractivity contribution in [2.45, 2.75) is 34.1 Å². The smallest absolute Gasteiger partial charge is 0.00939 e. The summed E-state index contributed by atoms with van der Waals surface area (Å²) in [6, 6.07) is 0. The molecule has 0 aromatic rings. The molecule has 12 heavy (non-hydrogen) atoms. The minimum absolute atomic E-state index is 0.992. The zero-order valence-corrected chi connectivity index (χ0v) is 9.49. The van der Waals surface area contributed by atoms with Crippen molar-refractivity contribution in [3.63, 3.8) is 0 Å². The first kappa shape index (κ1) is 14.1.